The van der Waals surface area contributed by atoms with Gasteiger partial charge in [-0.3, -0.25) is 0 Å². The smallest absolute Gasteiger partial charge is 0.137 e. The van der Waals surface area contributed by atoms with E-state index in [2.05, 4.69) is 22.9 Å². The van der Waals surface area contributed by atoms with E-state index in [9.17, 15) is 0 Å². The van der Waals surface area contributed by atoms with Gasteiger partial charge in [-0.2, -0.15) is 0 Å². The van der Waals surface area contributed by atoms with Crippen LogP contribution in [-0.2, 0) is 0 Å². The molecule has 1 rings (SSSR count). The number of hydrogen-bond donors (Lipinski definition) is 0. The molecule has 1 aromatic rings. The third-order valence-corrected chi connectivity index (χ3v) is 2.69. The van der Waals surface area contributed by atoms with Gasteiger partial charge in [0, 0.05) is 4.47 Å². The van der Waals surface area contributed by atoms with Crippen molar-refractivity contribution in [2.45, 2.75) is 26.2 Å². The van der Waals surface area contributed by atoms with E-state index >= 15 is 0 Å². The molecule has 0 unspecified atom stereocenters. The molecule has 0 spiro atoms. The molecule has 0 heterocycles. The van der Waals surface area contributed by atoms with Crippen LogP contribution in [0.2, 0.25) is 5.02 Å². The second kappa shape index (κ2) is 6.31. The Hall–Kier alpha value is -0.210. The van der Waals surface area contributed by atoms with Gasteiger partial charge in [-0.15, -0.1) is 0 Å². The van der Waals surface area contributed by atoms with Crippen LogP contribution in [0, 0.1) is 0 Å². The highest BCUT2D eigenvalue weighted by molar-refractivity contribution is 9.10. The lowest BCUT2D eigenvalue weighted by Crippen LogP contribution is -1.97. The van der Waals surface area contributed by atoms with E-state index in [0.717, 1.165) is 23.2 Å². The molecule has 0 amide bonds. The molecule has 0 aromatic heterocycles. The van der Waals surface area contributed by atoms with Gasteiger partial charge in [0.1, 0.15) is 5.75 Å². The Morgan fingerprint density at radius 1 is 1.36 bits per heavy atom. The molecule has 0 radical (unpaired) electrons. The van der Waals surface area contributed by atoms with E-state index in [0.29, 0.717) is 5.02 Å². The van der Waals surface area contributed by atoms with Crippen molar-refractivity contribution in [3.05, 3.63) is 27.7 Å². The van der Waals surface area contributed by atoms with Gasteiger partial charge < -0.3 is 4.74 Å². The van der Waals surface area contributed by atoms with Crippen LogP contribution >= 0.6 is 27.5 Å². The Balaban J connectivity index is 2.42. The van der Waals surface area contributed by atoms with Crippen LogP contribution in [0.15, 0.2) is 22.7 Å². The molecular weight excluding hydrogens is 263 g/mol. The second-order valence-electron chi connectivity index (χ2n) is 3.13. The largest absolute Gasteiger partial charge is 0.492 e. The van der Waals surface area contributed by atoms with Crippen LogP contribution in [0.4, 0.5) is 0 Å². The van der Waals surface area contributed by atoms with Crippen molar-refractivity contribution in [3.63, 3.8) is 0 Å². The van der Waals surface area contributed by atoms with Crippen LogP contribution in [0.25, 0.3) is 0 Å². The highest BCUT2D eigenvalue weighted by atomic mass is 79.9. The SMILES string of the molecule is CCCCCOc1ccc(Br)cc1Cl. The summed E-state index contributed by atoms with van der Waals surface area (Å²) in [6, 6.07) is 5.66. The summed E-state index contributed by atoms with van der Waals surface area (Å²) in [5.74, 6) is 0.769. The fourth-order valence-electron chi connectivity index (χ4n) is 1.13. The standard InChI is InChI=1S/C11H14BrClO/c1-2-3-4-7-14-11-6-5-9(12)8-10(11)13/h5-6,8H,2-4,7H2,1H3. The summed E-state index contributed by atoms with van der Waals surface area (Å²) in [4.78, 5) is 0. The number of halogens is 2. The molecule has 0 atom stereocenters. The summed E-state index contributed by atoms with van der Waals surface area (Å²) < 4.78 is 6.52. The molecule has 3 heteroatoms. The number of hydrogen-bond acceptors (Lipinski definition) is 1. The van der Waals surface area contributed by atoms with Gasteiger partial charge in [-0.1, -0.05) is 47.3 Å². The molecule has 14 heavy (non-hydrogen) atoms. The highest BCUT2D eigenvalue weighted by Gasteiger charge is 2.01. The molecule has 1 nitrogen and oxygen atoms in total. The minimum atomic E-state index is 0.663. The molecule has 0 N–H and O–H groups in total. The minimum absolute atomic E-state index is 0.663. The number of ether oxygens (including phenoxy) is 1. The van der Waals surface area contributed by atoms with Gasteiger partial charge in [0.15, 0.2) is 0 Å². The van der Waals surface area contributed by atoms with Crippen molar-refractivity contribution >= 4 is 27.5 Å². The Labute approximate surface area is 98.5 Å². The first-order valence-corrected chi connectivity index (χ1v) is 5.99. The van der Waals surface area contributed by atoms with E-state index in [-0.39, 0.29) is 0 Å². The number of benzene rings is 1. The van der Waals surface area contributed by atoms with Gasteiger partial charge in [-0.05, 0) is 24.6 Å². The minimum Gasteiger partial charge on any atom is -0.492 e. The Morgan fingerprint density at radius 2 is 2.14 bits per heavy atom. The van der Waals surface area contributed by atoms with Crippen LogP contribution in [0.1, 0.15) is 26.2 Å². The predicted octanol–water partition coefficient (Wildman–Crippen LogP) is 4.67. The summed E-state index contributed by atoms with van der Waals surface area (Å²) >= 11 is 9.34. The third-order valence-electron chi connectivity index (χ3n) is 1.90. The lowest BCUT2D eigenvalue weighted by atomic mass is 10.3. The van der Waals surface area contributed by atoms with E-state index in [1.165, 1.54) is 12.8 Å². The van der Waals surface area contributed by atoms with Gasteiger partial charge in [0.2, 0.25) is 0 Å². The zero-order chi connectivity index (χ0) is 10.4. The Morgan fingerprint density at radius 3 is 2.79 bits per heavy atom. The quantitative estimate of drug-likeness (QED) is 0.711. The summed E-state index contributed by atoms with van der Waals surface area (Å²) in [6.45, 7) is 2.92. The normalized spacial score (nSPS) is 10.2. The lowest BCUT2D eigenvalue weighted by Gasteiger charge is -2.07. The maximum absolute atomic E-state index is 5.99. The van der Waals surface area contributed by atoms with Crippen LogP contribution in [-0.4, -0.2) is 6.61 Å². The zero-order valence-electron chi connectivity index (χ0n) is 8.22. The summed E-state index contributed by atoms with van der Waals surface area (Å²) in [7, 11) is 0. The molecule has 78 valence electrons. The molecule has 0 bridgehead atoms. The van der Waals surface area contributed by atoms with Crippen LogP contribution in [0.3, 0.4) is 0 Å². The van der Waals surface area contributed by atoms with Crippen molar-refractivity contribution < 1.29 is 4.74 Å². The molecule has 0 saturated heterocycles. The van der Waals surface area contributed by atoms with Gasteiger partial charge >= 0.3 is 0 Å². The van der Waals surface area contributed by atoms with Crippen molar-refractivity contribution in [2.24, 2.45) is 0 Å². The van der Waals surface area contributed by atoms with Crippen LogP contribution in [0.5, 0.6) is 5.75 Å². The van der Waals surface area contributed by atoms with Crippen molar-refractivity contribution in [2.75, 3.05) is 6.61 Å². The topological polar surface area (TPSA) is 9.23 Å². The van der Waals surface area contributed by atoms with E-state index < -0.39 is 0 Å². The fraction of sp³-hybridized carbons (Fsp3) is 0.455. The van der Waals surface area contributed by atoms with Gasteiger partial charge in [0.25, 0.3) is 0 Å². The first-order valence-electron chi connectivity index (χ1n) is 4.82. The zero-order valence-corrected chi connectivity index (χ0v) is 10.6. The van der Waals surface area contributed by atoms with Crippen LogP contribution < -0.4 is 4.74 Å². The van der Waals surface area contributed by atoms with Crippen molar-refractivity contribution in [1.82, 2.24) is 0 Å². The number of rotatable bonds is 5. The van der Waals surface area contributed by atoms with E-state index in [1.54, 1.807) is 0 Å². The van der Waals surface area contributed by atoms with Crippen molar-refractivity contribution in [1.29, 1.82) is 0 Å². The third kappa shape index (κ3) is 3.89. The van der Waals surface area contributed by atoms with E-state index in [1.807, 2.05) is 18.2 Å². The molecule has 0 fully saturated rings. The molecule has 0 saturated carbocycles. The summed E-state index contributed by atoms with van der Waals surface area (Å²) in [6.07, 6.45) is 3.49. The summed E-state index contributed by atoms with van der Waals surface area (Å²) in [5.41, 5.74) is 0. The van der Waals surface area contributed by atoms with Gasteiger partial charge in [-0.25, -0.2) is 0 Å². The second-order valence-corrected chi connectivity index (χ2v) is 4.45. The Kier molecular flexibility index (Phi) is 5.34. The number of unbranched alkanes of at least 4 members (excludes halogenated alkanes) is 2. The predicted molar refractivity (Wildman–Crippen MR) is 64.2 cm³/mol. The molecule has 0 aliphatic rings. The fourth-order valence-corrected chi connectivity index (χ4v) is 1.85. The maximum Gasteiger partial charge on any atom is 0.137 e. The summed E-state index contributed by atoms with van der Waals surface area (Å²) in [5, 5.41) is 0.663. The Bertz CT molecular complexity index is 289. The highest BCUT2D eigenvalue weighted by Crippen LogP contribution is 2.27. The average molecular weight is 278 g/mol. The monoisotopic (exact) mass is 276 g/mol. The maximum atomic E-state index is 5.99. The average Bonchev–Trinajstić information content (AvgIpc) is 2.15. The van der Waals surface area contributed by atoms with Crippen molar-refractivity contribution in [3.8, 4) is 5.75 Å². The molecular formula is C11H14BrClO. The van der Waals surface area contributed by atoms with E-state index in [4.69, 9.17) is 16.3 Å². The van der Waals surface area contributed by atoms with Gasteiger partial charge in [0.05, 0.1) is 11.6 Å². The molecule has 0 aliphatic carbocycles. The first-order chi connectivity index (χ1) is 6.74. The first kappa shape index (κ1) is 11.9. The lowest BCUT2D eigenvalue weighted by molar-refractivity contribution is 0.306. The molecule has 1 aromatic carbocycles. The molecule has 0 aliphatic heterocycles.